The molecule has 0 atom stereocenters. The molecule has 1 aliphatic carbocycles. The highest BCUT2D eigenvalue weighted by Gasteiger charge is 2.51. The number of hydrogen-bond donors (Lipinski definition) is 0. The number of imide groups is 1. The molecule has 0 N–H and O–H groups in total. The monoisotopic (exact) mass is 355 g/mol. The molecule has 5 nitrogen and oxygen atoms in total. The van der Waals surface area contributed by atoms with Crippen LogP contribution in [-0.4, -0.2) is 22.8 Å². The first-order chi connectivity index (χ1) is 12.0. The molecule has 1 aliphatic heterocycles. The molecule has 1 saturated carbocycles. The van der Waals surface area contributed by atoms with Crippen molar-refractivity contribution < 1.29 is 19.2 Å². The highest BCUT2D eigenvalue weighted by Crippen LogP contribution is 2.47. The van der Waals surface area contributed by atoms with Crippen molar-refractivity contribution in [2.24, 2.45) is 0 Å². The molecule has 0 saturated heterocycles. The quantitative estimate of drug-likeness (QED) is 0.790. The molecule has 0 spiro atoms. The molecule has 25 heavy (non-hydrogen) atoms. The molecule has 2 aromatic rings. The number of rotatable bonds is 3. The van der Waals surface area contributed by atoms with Crippen LogP contribution < -0.4 is 0 Å². The second kappa shape index (κ2) is 5.70. The van der Waals surface area contributed by atoms with Crippen LogP contribution >= 0.6 is 11.6 Å². The highest BCUT2D eigenvalue weighted by molar-refractivity contribution is 6.31. The van der Waals surface area contributed by atoms with Crippen LogP contribution in [0.2, 0.25) is 5.02 Å². The zero-order valence-corrected chi connectivity index (χ0v) is 14.0. The maximum atomic E-state index is 12.9. The van der Waals surface area contributed by atoms with Gasteiger partial charge in [-0.3, -0.25) is 9.59 Å². The molecule has 2 aliphatic rings. The number of benzene rings is 2. The smallest absolute Gasteiger partial charge is 0.329 e. The van der Waals surface area contributed by atoms with E-state index in [1.807, 2.05) is 0 Å². The van der Waals surface area contributed by atoms with E-state index in [0.717, 1.165) is 6.42 Å². The Kier molecular flexibility index (Phi) is 3.62. The molecule has 1 fully saturated rings. The average molecular weight is 356 g/mol. The first kappa shape index (κ1) is 15.8. The summed E-state index contributed by atoms with van der Waals surface area (Å²) in [6, 6.07) is 13.5. The lowest BCUT2D eigenvalue weighted by atomic mass is 9.64. The van der Waals surface area contributed by atoms with Crippen molar-refractivity contribution >= 4 is 29.4 Å². The summed E-state index contributed by atoms with van der Waals surface area (Å²) < 4.78 is 0. The number of hydroxylamine groups is 2. The van der Waals surface area contributed by atoms with Gasteiger partial charge in [-0.2, -0.15) is 0 Å². The van der Waals surface area contributed by atoms with Crippen LogP contribution in [0.3, 0.4) is 0 Å². The Hall–Kier alpha value is -2.66. The maximum Gasteiger partial charge on any atom is 0.343 e. The van der Waals surface area contributed by atoms with E-state index in [-0.39, 0.29) is 11.1 Å². The largest absolute Gasteiger partial charge is 0.343 e. The zero-order chi connectivity index (χ0) is 17.6. The van der Waals surface area contributed by atoms with Crippen LogP contribution in [0.4, 0.5) is 0 Å². The van der Waals surface area contributed by atoms with Crippen LogP contribution in [0.15, 0.2) is 48.5 Å². The van der Waals surface area contributed by atoms with Gasteiger partial charge in [0.05, 0.1) is 16.5 Å². The van der Waals surface area contributed by atoms with Gasteiger partial charge in [-0.25, -0.2) is 4.79 Å². The lowest BCUT2D eigenvalue weighted by Crippen LogP contribution is -2.47. The predicted octanol–water partition coefficient (Wildman–Crippen LogP) is 3.52. The van der Waals surface area contributed by atoms with Crippen LogP contribution in [0.1, 0.15) is 45.5 Å². The van der Waals surface area contributed by atoms with Crippen molar-refractivity contribution in [3.05, 3.63) is 70.2 Å². The van der Waals surface area contributed by atoms with Gasteiger partial charge in [0.25, 0.3) is 11.8 Å². The van der Waals surface area contributed by atoms with Gasteiger partial charge in [-0.05, 0) is 36.6 Å². The molecule has 4 rings (SSSR count). The van der Waals surface area contributed by atoms with Crippen LogP contribution in [0.25, 0.3) is 0 Å². The van der Waals surface area contributed by atoms with E-state index in [9.17, 15) is 14.4 Å². The van der Waals surface area contributed by atoms with Crippen molar-refractivity contribution in [1.29, 1.82) is 0 Å². The van der Waals surface area contributed by atoms with Crippen molar-refractivity contribution in [3.63, 3.8) is 0 Å². The third-order valence-electron chi connectivity index (χ3n) is 4.92. The van der Waals surface area contributed by atoms with Gasteiger partial charge in [0, 0.05) is 5.02 Å². The number of nitrogens with zero attached hydrogens (tertiary/aromatic N) is 1. The number of carbonyl (C=O) groups is 3. The summed E-state index contributed by atoms with van der Waals surface area (Å²) >= 11 is 6.26. The minimum absolute atomic E-state index is 0.237. The Morgan fingerprint density at radius 3 is 2.04 bits per heavy atom. The molecular formula is C19H14ClNO4. The first-order valence-electron chi connectivity index (χ1n) is 8.00. The van der Waals surface area contributed by atoms with Crippen LogP contribution in [0.5, 0.6) is 0 Å². The van der Waals surface area contributed by atoms with Gasteiger partial charge in [0.15, 0.2) is 0 Å². The van der Waals surface area contributed by atoms with E-state index in [1.165, 1.54) is 12.1 Å². The summed E-state index contributed by atoms with van der Waals surface area (Å²) in [6.45, 7) is 0. The third kappa shape index (κ3) is 2.27. The summed E-state index contributed by atoms with van der Waals surface area (Å²) in [4.78, 5) is 42.9. The van der Waals surface area contributed by atoms with Gasteiger partial charge < -0.3 is 4.84 Å². The molecule has 0 aromatic heterocycles. The van der Waals surface area contributed by atoms with Crippen molar-refractivity contribution in [3.8, 4) is 0 Å². The van der Waals surface area contributed by atoms with Crippen LogP contribution in [-0.2, 0) is 15.0 Å². The van der Waals surface area contributed by atoms with Crippen molar-refractivity contribution in [2.75, 3.05) is 0 Å². The van der Waals surface area contributed by atoms with Crippen molar-refractivity contribution in [2.45, 2.75) is 24.7 Å². The molecule has 6 heteroatoms. The first-order valence-corrected chi connectivity index (χ1v) is 8.38. The molecule has 1 heterocycles. The lowest BCUT2D eigenvalue weighted by molar-refractivity contribution is -0.179. The maximum absolute atomic E-state index is 12.9. The fourth-order valence-corrected chi connectivity index (χ4v) is 3.70. The number of hydrogen-bond acceptors (Lipinski definition) is 4. The number of carbonyl (C=O) groups excluding carboxylic acids is 3. The molecule has 0 bridgehead atoms. The second-order valence-electron chi connectivity index (χ2n) is 6.24. The summed E-state index contributed by atoms with van der Waals surface area (Å²) in [6.07, 6.45) is 1.99. The van der Waals surface area contributed by atoms with Gasteiger partial charge in [0.2, 0.25) is 0 Å². The van der Waals surface area contributed by atoms with E-state index >= 15 is 0 Å². The predicted molar refractivity (Wildman–Crippen MR) is 90.0 cm³/mol. The fraction of sp³-hybridized carbons (Fsp3) is 0.211. The minimum Gasteiger partial charge on any atom is -0.329 e. The topological polar surface area (TPSA) is 63.7 Å². The standard InChI is InChI=1S/C19H14ClNO4/c20-15-9-4-3-8-14(15)19(10-5-11-19)18(24)25-21-16(22)12-6-1-2-7-13(12)17(21)23/h1-4,6-9H,5,10-11H2. The average Bonchev–Trinajstić information content (AvgIpc) is 2.81. The molecule has 0 radical (unpaired) electrons. The number of halogens is 1. The fourth-order valence-electron chi connectivity index (χ4n) is 3.38. The Bertz CT molecular complexity index is 869. The Morgan fingerprint density at radius 2 is 1.52 bits per heavy atom. The van der Waals surface area contributed by atoms with E-state index in [0.29, 0.717) is 28.5 Å². The number of fused-ring (bicyclic) bond motifs is 1. The van der Waals surface area contributed by atoms with E-state index < -0.39 is 23.2 Å². The Labute approximate surface area is 149 Å². The molecule has 0 unspecified atom stereocenters. The third-order valence-corrected chi connectivity index (χ3v) is 5.25. The van der Waals surface area contributed by atoms with E-state index in [4.69, 9.17) is 16.4 Å². The summed E-state index contributed by atoms with van der Waals surface area (Å²) in [7, 11) is 0. The summed E-state index contributed by atoms with van der Waals surface area (Å²) in [5.41, 5.74) is 0.235. The normalized spacial score (nSPS) is 17.9. The Balaban J connectivity index is 1.64. The zero-order valence-electron chi connectivity index (χ0n) is 13.2. The van der Waals surface area contributed by atoms with Gasteiger partial charge in [-0.1, -0.05) is 53.4 Å². The van der Waals surface area contributed by atoms with Gasteiger partial charge in [-0.15, -0.1) is 0 Å². The SMILES string of the molecule is O=C1c2ccccc2C(=O)N1OC(=O)C1(c2ccccc2Cl)CCC1. The Morgan fingerprint density at radius 1 is 0.960 bits per heavy atom. The van der Waals surface area contributed by atoms with Crippen LogP contribution in [0, 0.1) is 0 Å². The van der Waals surface area contributed by atoms with Gasteiger partial charge >= 0.3 is 5.97 Å². The molecular weight excluding hydrogens is 342 g/mol. The molecule has 2 amide bonds. The summed E-state index contributed by atoms with van der Waals surface area (Å²) in [5.74, 6) is -1.87. The van der Waals surface area contributed by atoms with E-state index in [1.54, 1.807) is 36.4 Å². The molecule has 2 aromatic carbocycles. The second-order valence-corrected chi connectivity index (χ2v) is 6.65. The lowest BCUT2D eigenvalue weighted by Gasteiger charge is -2.40. The van der Waals surface area contributed by atoms with Gasteiger partial charge in [0.1, 0.15) is 0 Å². The summed E-state index contributed by atoms with van der Waals surface area (Å²) in [5, 5.41) is 1.03. The highest BCUT2D eigenvalue weighted by atomic mass is 35.5. The van der Waals surface area contributed by atoms with Crippen molar-refractivity contribution in [1.82, 2.24) is 5.06 Å². The van der Waals surface area contributed by atoms with E-state index in [2.05, 4.69) is 0 Å². The molecule has 126 valence electrons. The number of amides is 2. The minimum atomic E-state index is -0.909.